The summed E-state index contributed by atoms with van der Waals surface area (Å²) in [5.74, 6) is 1.28. The molecule has 0 saturated carbocycles. The molecule has 34 heavy (non-hydrogen) atoms. The number of amides is 1. The van der Waals surface area contributed by atoms with Crippen LogP contribution in [0, 0.1) is 20.8 Å². The largest absolute Gasteiger partial charge is 0.484 e. The van der Waals surface area contributed by atoms with Gasteiger partial charge in [0.15, 0.2) is 11.0 Å². The molecule has 1 N–H and O–H groups in total. The zero-order valence-corrected chi connectivity index (χ0v) is 20.8. The van der Waals surface area contributed by atoms with Crippen LogP contribution in [-0.2, 0) is 11.4 Å². The highest BCUT2D eigenvalue weighted by Gasteiger charge is 2.17. The van der Waals surface area contributed by atoms with Crippen LogP contribution in [0.4, 0.5) is 5.69 Å². The predicted molar refractivity (Wildman–Crippen MR) is 137 cm³/mol. The lowest BCUT2D eigenvalue weighted by molar-refractivity contribution is -0.113. The fourth-order valence-electron chi connectivity index (χ4n) is 3.71. The van der Waals surface area contributed by atoms with Crippen molar-refractivity contribution in [1.29, 1.82) is 0 Å². The normalized spacial score (nSPS) is 10.8. The summed E-state index contributed by atoms with van der Waals surface area (Å²) in [6, 6.07) is 21.2. The SMILES string of the molecule is Cc1cc(C)c(NC(=O)CSc2nnc(COc3ccccc3Cl)n2-c2ccccc2)c(C)c1. The molecule has 0 unspecified atom stereocenters. The Labute approximate surface area is 208 Å². The molecule has 1 amide bonds. The Kier molecular flexibility index (Phi) is 7.55. The van der Waals surface area contributed by atoms with Crippen LogP contribution in [0.3, 0.4) is 0 Å². The standard InChI is InChI=1S/C26H25ClN4O2S/c1-17-13-18(2)25(19(3)14-17)28-24(32)16-34-26-30-29-23(31(26)20-9-5-4-6-10-20)15-33-22-12-8-7-11-21(22)27/h4-14H,15-16H2,1-3H3,(H,28,32). The summed E-state index contributed by atoms with van der Waals surface area (Å²) in [4.78, 5) is 12.7. The molecule has 1 aromatic heterocycles. The Morgan fingerprint density at radius 2 is 1.68 bits per heavy atom. The van der Waals surface area contributed by atoms with Crippen LogP contribution in [0.2, 0.25) is 5.02 Å². The first-order valence-electron chi connectivity index (χ1n) is 10.8. The van der Waals surface area contributed by atoms with E-state index in [-0.39, 0.29) is 18.3 Å². The highest BCUT2D eigenvalue weighted by atomic mass is 35.5. The Bertz CT molecular complexity index is 1280. The molecule has 0 aliphatic carbocycles. The van der Waals surface area contributed by atoms with Gasteiger partial charge >= 0.3 is 0 Å². The number of aromatic nitrogens is 3. The molecule has 1 heterocycles. The van der Waals surface area contributed by atoms with E-state index in [2.05, 4.69) is 27.6 Å². The van der Waals surface area contributed by atoms with E-state index < -0.39 is 0 Å². The minimum absolute atomic E-state index is 0.100. The van der Waals surface area contributed by atoms with Gasteiger partial charge in [-0.1, -0.05) is 71.4 Å². The van der Waals surface area contributed by atoms with Gasteiger partial charge in [-0.25, -0.2) is 0 Å². The number of hydrogen-bond donors (Lipinski definition) is 1. The molecule has 0 spiro atoms. The van der Waals surface area contributed by atoms with Gasteiger partial charge in [0, 0.05) is 11.4 Å². The van der Waals surface area contributed by atoms with Crippen LogP contribution < -0.4 is 10.1 Å². The smallest absolute Gasteiger partial charge is 0.234 e. The fourth-order valence-corrected chi connectivity index (χ4v) is 4.67. The van der Waals surface area contributed by atoms with Gasteiger partial charge < -0.3 is 10.1 Å². The second kappa shape index (κ2) is 10.8. The van der Waals surface area contributed by atoms with Crippen LogP contribution >= 0.6 is 23.4 Å². The molecule has 0 aliphatic rings. The van der Waals surface area contributed by atoms with Gasteiger partial charge in [-0.2, -0.15) is 0 Å². The minimum Gasteiger partial charge on any atom is -0.484 e. The number of thioether (sulfide) groups is 1. The molecular formula is C26H25ClN4O2S. The van der Waals surface area contributed by atoms with Crippen LogP contribution in [-0.4, -0.2) is 26.4 Å². The topological polar surface area (TPSA) is 69.0 Å². The zero-order valence-electron chi connectivity index (χ0n) is 19.2. The van der Waals surface area contributed by atoms with Crippen molar-refractivity contribution in [3.63, 3.8) is 0 Å². The molecule has 0 bridgehead atoms. The van der Waals surface area contributed by atoms with Gasteiger partial charge in [-0.3, -0.25) is 9.36 Å². The summed E-state index contributed by atoms with van der Waals surface area (Å²) in [5.41, 5.74) is 5.00. The number of carbonyl (C=O) groups excluding carboxylic acids is 1. The van der Waals surface area contributed by atoms with Gasteiger partial charge in [0.2, 0.25) is 5.91 Å². The molecule has 174 valence electrons. The van der Waals surface area contributed by atoms with Gasteiger partial charge in [0.05, 0.1) is 10.8 Å². The highest BCUT2D eigenvalue weighted by molar-refractivity contribution is 7.99. The summed E-state index contributed by atoms with van der Waals surface area (Å²) in [7, 11) is 0. The van der Waals surface area contributed by atoms with Gasteiger partial charge in [0.1, 0.15) is 12.4 Å². The van der Waals surface area contributed by atoms with Crippen molar-refractivity contribution in [3.8, 4) is 11.4 Å². The number of benzene rings is 3. The molecule has 0 aliphatic heterocycles. The Morgan fingerprint density at radius 1 is 1.00 bits per heavy atom. The van der Waals surface area contributed by atoms with Crippen molar-refractivity contribution in [1.82, 2.24) is 14.8 Å². The highest BCUT2D eigenvalue weighted by Crippen LogP contribution is 2.27. The van der Waals surface area contributed by atoms with Crippen molar-refractivity contribution in [2.75, 3.05) is 11.1 Å². The third kappa shape index (κ3) is 5.61. The number of anilines is 1. The molecule has 4 rings (SSSR count). The summed E-state index contributed by atoms with van der Waals surface area (Å²) in [6.45, 7) is 6.23. The second-order valence-electron chi connectivity index (χ2n) is 7.90. The van der Waals surface area contributed by atoms with Crippen molar-refractivity contribution in [3.05, 3.63) is 94.3 Å². The van der Waals surface area contributed by atoms with Crippen LogP contribution in [0.5, 0.6) is 5.75 Å². The molecule has 4 aromatic rings. The van der Waals surface area contributed by atoms with Gasteiger partial charge in [0.25, 0.3) is 0 Å². The molecule has 3 aromatic carbocycles. The first kappa shape index (κ1) is 23.9. The number of hydrogen-bond acceptors (Lipinski definition) is 5. The van der Waals surface area contributed by atoms with Gasteiger partial charge in [-0.15, -0.1) is 10.2 Å². The van der Waals surface area contributed by atoms with Crippen molar-refractivity contribution in [2.45, 2.75) is 32.5 Å². The van der Waals surface area contributed by atoms with E-state index in [9.17, 15) is 4.79 Å². The maximum atomic E-state index is 12.7. The Morgan fingerprint density at radius 3 is 2.38 bits per heavy atom. The molecule has 6 nitrogen and oxygen atoms in total. The number of rotatable bonds is 8. The maximum absolute atomic E-state index is 12.7. The van der Waals surface area contributed by atoms with Gasteiger partial charge in [-0.05, 0) is 56.2 Å². The monoisotopic (exact) mass is 492 g/mol. The lowest BCUT2D eigenvalue weighted by Crippen LogP contribution is -2.16. The summed E-state index contributed by atoms with van der Waals surface area (Å²) >= 11 is 7.54. The van der Waals surface area contributed by atoms with E-state index >= 15 is 0 Å². The number of nitrogens with one attached hydrogen (secondary N) is 1. The van der Waals surface area contributed by atoms with Crippen molar-refractivity contribution < 1.29 is 9.53 Å². The van der Waals surface area contributed by atoms with E-state index in [1.165, 1.54) is 17.3 Å². The molecule has 0 radical (unpaired) electrons. The second-order valence-corrected chi connectivity index (χ2v) is 9.25. The molecule has 0 atom stereocenters. The molecule has 0 saturated heterocycles. The van der Waals surface area contributed by atoms with E-state index in [4.69, 9.17) is 16.3 Å². The number of ether oxygens (including phenoxy) is 1. The third-order valence-electron chi connectivity index (χ3n) is 5.18. The van der Waals surface area contributed by atoms with Crippen LogP contribution in [0.15, 0.2) is 71.9 Å². The Balaban J connectivity index is 1.51. The van der Waals surface area contributed by atoms with Crippen LogP contribution in [0.1, 0.15) is 22.5 Å². The lowest BCUT2D eigenvalue weighted by Gasteiger charge is -2.13. The van der Waals surface area contributed by atoms with E-state index in [1.54, 1.807) is 12.1 Å². The summed E-state index contributed by atoms with van der Waals surface area (Å²) < 4.78 is 7.80. The van der Waals surface area contributed by atoms with Crippen molar-refractivity contribution in [2.24, 2.45) is 0 Å². The number of para-hydroxylation sites is 2. The number of carbonyl (C=O) groups is 1. The van der Waals surface area contributed by atoms with E-state index in [0.29, 0.717) is 21.8 Å². The first-order chi connectivity index (χ1) is 16.4. The molecule has 0 fully saturated rings. The lowest BCUT2D eigenvalue weighted by atomic mass is 10.1. The maximum Gasteiger partial charge on any atom is 0.234 e. The Hall–Kier alpha value is -3.29. The average Bonchev–Trinajstić information content (AvgIpc) is 3.23. The fraction of sp³-hybridized carbons (Fsp3) is 0.192. The van der Waals surface area contributed by atoms with E-state index in [1.807, 2.05) is 67.8 Å². The quantitative estimate of drug-likeness (QED) is 0.298. The average molecular weight is 493 g/mol. The minimum atomic E-state index is -0.100. The number of halogens is 1. The summed E-state index contributed by atoms with van der Waals surface area (Å²) in [5, 5.41) is 12.8. The third-order valence-corrected chi connectivity index (χ3v) is 6.42. The predicted octanol–water partition coefficient (Wildman–Crippen LogP) is 6.16. The molecule has 8 heteroatoms. The van der Waals surface area contributed by atoms with Crippen molar-refractivity contribution >= 4 is 35.0 Å². The van der Waals surface area contributed by atoms with Crippen LogP contribution in [0.25, 0.3) is 5.69 Å². The van der Waals surface area contributed by atoms with E-state index in [0.717, 1.165) is 22.5 Å². The molecular weight excluding hydrogens is 468 g/mol. The summed E-state index contributed by atoms with van der Waals surface area (Å²) in [6.07, 6.45) is 0. The number of aryl methyl sites for hydroxylation is 3. The first-order valence-corrected chi connectivity index (χ1v) is 12.2. The number of nitrogens with zero attached hydrogens (tertiary/aromatic N) is 3. The zero-order chi connectivity index (χ0) is 24.1.